The Bertz CT molecular complexity index is 250. The lowest BCUT2D eigenvalue weighted by molar-refractivity contribution is 0.221. The number of nitrogens with zero attached hydrogens (tertiary/aromatic N) is 2. The maximum Gasteiger partial charge on any atom is 0.316 e. The van der Waals surface area contributed by atoms with Crippen LogP contribution in [-0.4, -0.2) is 16.1 Å². The van der Waals surface area contributed by atoms with Crippen LogP contribution in [-0.2, 0) is 6.54 Å². The van der Waals surface area contributed by atoms with Crippen molar-refractivity contribution in [1.29, 1.82) is 0 Å². The minimum atomic E-state index is 0.0954. The van der Waals surface area contributed by atoms with E-state index in [1.54, 1.807) is 12.3 Å². The Morgan fingerprint density at radius 1 is 1.58 bits per heavy atom. The number of nitrogens with two attached hydrogens (primary N) is 1. The van der Waals surface area contributed by atoms with E-state index in [0.29, 0.717) is 12.6 Å². The Morgan fingerprint density at radius 2 is 2.33 bits per heavy atom. The molecule has 0 aliphatic carbocycles. The summed E-state index contributed by atoms with van der Waals surface area (Å²) >= 11 is 0. The molecule has 1 rings (SSSR count). The molecule has 0 spiro atoms. The van der Waals surface area contributed by atoms with Crippen LogP contribution in [0, 0.1) is 0 Å². The molecule has 12 heavy (non-hydrogen) atoms. The van der Waals surface area contributed by atoms with Crippen molar-refractivity contribution >= 4 is 0 Å². The summed E-state index contributed by atoms with van der Waals surface area (Å²) in [6.45, 7) is 4.27. The second-order valence-corrected chi connectivity index (χ2v) is 2.70. The van der Waals surface area contributed by atoms with E-state index >= 15 is 0 Å². The molecule has 0 atom stereocenters. The summed E-state index contributed by atoms with van der Waals surface area (Å²) in [5.41, 5.74) is 6.20. The molecule has 0 aromatic carbocycles. The standard InChI is InChI=1S/C8H13N3O/c1-6(2)12-8-10-4-3-7(5-9)11-8/h3-4,6H,5,9H2,1-2H3. The van der Waals surface area contributed by atoms with Crippen molar-refractivity contribution in [3.05, 3.63) is 18.0 Å². The van der Waals surface area contributed by atoms with Gasteiger partial charge in [-0.15, -0.1) is 0 Å². The van der Waals surface area contributed by atoms with Crippen molar-refractivity contribution in [1.82, 2.24) is 9.97 Å². The normalized spacial score (nSPS) is 10.3. The van der Waals surface area contributed by atoms with E-state index in [-0.39, 0.29) is 6.10 Å². The van der Waals surface area contributed by atoms with E-state index in [0.717, 1.165) is 5.69 Å². The second-order valence-electron chi connectivity index (χ2n) is 2.70. The van der Waals surface area contributed by atoms with E-state index in [1.165, 1.54) is 0 Å². The highest BCUT2D eigenvalue weighted by molar-refractivity contribution is 5.04. The van der Waals surface area contributed by atoms with Crippen LogP contribution in [0.3, 0.4) is 0 Å². The molecule has 0 bridgehead atoms. The minimum Gasteiger partial charge on any atom is -0.461 e. The van der Waals surface area contributed by atoms with E-state index in [1.807, 2.05) is 13.8 Å². The topological polar surface area (TPSA) is 61.0 Å². The molecule has 0 saturated carbocycles. The van der Waals surface area contributed by atoms with Crippen LogP contribution in [0.1, 0.15) is 19.5 Å². The summed E-state index contributed by atoms with van der Waals surface area (Å²) in [4.78, 5) is 8.01. The molecule has 0 radical (unpaired) electrons. The summed E-state index contributed by atoms with van der Waals surface area (Å²) in [6.07, 6.45) is 1.74. The van der Waals surface area contributed by atoms with Crippen LogP contribution < -0.4 is 10.5 Å². The zero-order chi connectivity index (χ0) is 8.97. The average Bonchev–Trinajstić information content (AvgIpc) is 2.03. The first kappa shape index (κ1) is 8.93. The van der Waals surface area contributed by atoms with E-state index in [9.17, 15) is 0 Å². The van der Waals surface area contributed by atoms with Crippen molar-refractivity contribution in [2.45, 2.75) is 26.5 Å². The molecule has 1 aromatic rings. The van der Waals surface area contributed by atoms with Crippen LogP contribution in [0.25, 0.3) is 0 Å². The Balaban J connectivity index is 2.72. The largest absolute Gasteiger partial charge is 0.461 e. The molecule has 1 heterocycles. The van der Waals surface area contributed by atoms with Gasteiger partial charge in [0.1, 0.15) is 0 Å². The van der Waals surface area contributed by atoms with Gasteiger partial charge in [0.15, 0.2) is 0 Å². The van der Waals surface area contributed by atoms with Gasteiger partial charge < -0.3 is 10.5 Å². The summed E-state index contributed by atoms with van der Waals surface area (Å²) in [5.74, 6) is 0. The zero-order valence-electron chi connectivity index (χ0n) is 7.32. The molecule has 2 N–H and O–H groups in total. The van der Waals surface area contributed by atoms with Crippen LogP contribution in [0.4, 0.5) is 0 Å². The van der Waals surface area contributed by atoms with Crippen molar-refractivity contribution in [2.75, 3.05) is 0 Å². The second kappa shape index (κ2) is 4.01. The molecule has 4 heteroatoms. The third kappa shape index (κ3) is 2.47. The number of hydrogen-bond donors (Lipinski definition) is 1. The Kier molecular flexibility index (Phi) is 2.99. The van der Waals surface area contributed by atoms with Gasteiger partial charge in [0, 0.05) is 12.7 Å². The lowest BCUT2D eigenvalue weighted by Gasteiger charge is -2.07. The fraction of sp³-hybridized carbons (Fsp3) is 0.500. The van der Waals surface area contributed by atoms with E-state index < -0.39 is 0 Å². The lowest BCUT2D eigenvalue weighted by Crippen LogP contribution is -2.10. The highest BCUT2D eigenvalue weighted by Crippen LogP contribution is 2.04. The monoisotopic (exact) mass is 167 g/mol. The third-order valence-electron chi connectivity index (χ3n) is 1.24. The molecule has 0 saturated heterocycles. The van der Waals surface area contributed by atoms with Crippen LogP contribution >= 0.6 is 0 Å². The van der Waals surface area contributed by atoms with Crippen LogP contribution in [0.5, 0.6) is 6.01 Å². The van der Waals surface area contributed by atoms with Gasteiger partial charge in [-0.1, -0.05) is 0 Å². The molecule has 0 aliphatic rings. The third-order valence-corrected chi connectivity index (χ3v) is 1.24. The molecular formula is C8H13N3O. The Labute approximate surface area is 71.8 Å². The minimum absolute atomic E-state index is 0.0954. The van der Waals surface area contributed by atoms with Gasteiger partial charge in [0.2, 0.25) is 0 Å². The maximum atomic E-state index is 5.40. The summed E-state index contributed by atoms with van der Waals surface area (Å²) in [6, 6.07) is 2.17. The lowest BCUT2D eigenvalue weighted by atomic mass is 10.4. The van der Waals surface area contributed by atoms with Crippen molar-refractivity contribution < 1.29 is 4.74 Å². The van der Waals surface area contributed by atoms with E-state index in [2.05, 4.69) is 9.97 Å². The van der Waals surface area contributed by atoms with Crippen LogP contribution in [0.15, 0.2) is 12.3 Å². The highest BCUT2D eigenvalue weighted by atomic mass is 16.5. The van der Waals surface area contributed by atoms with Gasteiger partial charge in [0.25, 0.3) is 0 Å². The quantitative estimate of drug-likeness (QED) is 0.720. The maximum absolute atomic E-state index is 5.40. The van der Waals surface area contributed by atoms with Crippen molar-refractivity contribution in [3.63, 3.8) is 0 Å². The Morgan fingerprint density at radius 3 is 2.92 bits per heavy atom. The zero-order valence-corrected chi connectivity index (χ0v) is 7.32. The van der Waals surface area contributed by atoms with Gasteiger partial charge in [0.05, 0.1) is 11.8 Å². The summed E-state index contributed by atoms with van der Waals surface area (Å²) < 4.78 is 5.28. The SMILES string of the molecule is CC(C)Oc1nccc(CN)n1. The molecular weight excluding hydrogens is 154 g/mol. The van der Waals surface area contributed by atoms with Crippen LogP contribution in [0.2, 0.25) is 0 Å². The molecule has 4 nitrogen and oxygen atoms in total. The van der Waals surface area contributed by atoms with Gasteiger partial charge in [-0.3, -0.25) is 0 Å². The van der Waals surface area contributed by atoms with Gasteiger partial charge in [-0.05, 0) is 19.9 Å². The summed E-state index contributed by atoms with van der Waals surface area (Å²) in [5, 5.41) is 0. The summed E-state index contributed by atoms with van der Waals surface area (Å²) in [7, 11) is 0. The number of ether oxygens (including phenoxy) is 1. The number of rotatable bonds is 3. The molecule has 0 amide bonds. The molecule has 66 valence electrons. The first-order valence-corrected chi connectivity index (χ1v) is 3.91. The van der Waals surface area contributed by atoms with Gasteiger partial charge >= 0.3 is 6.01 Å². The average molecular weight is 167 g/mol. The number of hydrogen-bond acceptors (Lipinski definition) is 4. The van der Waals surface area contributed by atoms with Crippen molar-refractivity contribution in [3.8, 4) is 6.01 Å². The molecule has 0 aliphatic heterocycles. The first-order valence-electron chi connectivity index (χ1n) is 3.91. The fourth-order valence-electron chi connectivity index (χ4n) is 0.757. The molecule has 1 aromatic heterocycles. The fourth-order valence-corrected chi connectivity index (χ4v) is 0.757. The van der Waals surface area contributed by atoms with Crippen molar-refractivity contribution in [2.24, 2.45) is 5.73 Å². The molecule has 0 unspecified atom stereocenters. The predicted octanol–water partition coefficient (Wildman–Crippen LogP) is 0.722. The van der Waals surface area contributed by atoms with Gasteiger partial charge in [-0.25, -0.2) is 4.98 Å². The molecule has 0 fully saturated rings. The Hall–Kier alpha value is -1.16. The predicted molar refractivity (Wildman–Crippen MR) is 45.7 cm³/mol. The van der Waals surface area contributed by atoms with E-state index in [4.69, 9.17) is 10.5 Å². The smallest absolute Gasteiger partial charge is 0.316 e. The van der Waals surface area contributed by atoms with Gasteiger partial charge in [-0.2, -0.15) is 4.98 Å². The number of aromatic nitrogens is 2. The highest BCUT2D eigenvalue weighted by Gasteiger charge is 2.00. The first-order chi connectivity index (χ1) is 5.72.